The number of aryl methyl sites for hydroxylation is 1. The summed E-state index contributed by atoms with van der Waals surface area (Å²) in [5.41, 5.74) is 6.47. The summed E-state index contributed by atoms with van der Waals surface area (Å²) in [5.74, 6) is 0.942. The van der Waals surface area contributed by atoms with Crippen molar-refractivity contribution >= 4 is 23.2 Å². The highest BCUT2D eigenvalue weighted by molar-refractivity contribution is 6.01. The molecule has 10 heteroatoms. The summed E-state index contributed by atoms with van der Waals surface area (Å²) in [7, 11) is 1.96. The monoisotopic (exact) mass is 669 g/mol. The fourth-order valence-electron chi connectivity index (χ4n) is 6.66. The summed E-state index contributed by atoms with van der Waals surface area (Å²) in [4.78, 5) is 27.8. The molecule has 0 saturated heterocycles. The molecule has 9 nitrogen and oxygen atoms in total. The van der Waals surface area contributed by atoms with Crippen molar-refractivity contribution in [1.29, 1.82) is 0 Å². The van der Waals surface area contributed by atoms with Crippen LogP contribution >= 0.6 is 0 Å². The van der Waals surface area contributed by atoms with E-state index in [9.17, 15) is 9.18 Å². The molecule has 7 rings (SSSR count). The van der Waals surface area contributed by atoms with Crippen molar-refractivity contribution in [1.82, 2.24) is 24.9 Å². The number of pyridine rings is 1. The number of fused-ring (bicyclic) bond motifs is 2. The summed E-state index contributed by atoms with van der Waals surface area (Å²) < 4.78 is 23.0. The molecule has 1 amide bonds. The van der Waals surface area contributed by atoms with Gasteiger partial charge in [-0.15, -0.1) is 0 Å². The van der Waals surface area contributed by atoms with E-state index in [2.05, 4.69) is 82.5 Å². The van der Waals surface area contributed by atoms with E-state index in [4.69, 9.17) is 14.8 Å². The number of hydrogen-bond donors (Lipinski definition) is 1. The molecule has 1 aliphatic rings. The number of rotatable bonds is 7. The fraction of sp³-hybridized carbons (Fsp3) is 0.250. The van der Waals surface area contributed by atoms with Gasteiger partial charge in [-0.05, 0) is 43.0 Å². The first kappa shape index (κ1) is 32.8. The largest absolute Gasteiger partial charge is 0.473 e. The van der Waals surface area contributed by atoms with Crippen molar-refractivity contribution in [2.45, 2.75) is 52.4 Å². The zero-order valence-corrected chi connectivity index (χ0v) is 28.7. The van der Waals surface area contributed by atoms with Gasteiger partial charge < -0.3 is 19.9 Å². The number of carbonyl (C=O) groups excluding carboxylic acids is 1. The maximum Gasteiger partial charge on any atom is 0.256 e. The van der Waals surface area contributed by atoms with Gasteiger partial charge in [-0.25, -0.2) is 14.4 Å². The minimum absolute atomic E-state index is 0.205. The van der Waals surface area contributed by atoms with Crippen LogP contribution in [0.4, 0.5) is 16.0 Å². The van der Waals surface area contributed by atoms with Crippen LogP contribution in [0.15, 0.2) is 103 Å². The maximum atomic E-state index is 15.0. The van der Waals surface area contributed by atoms with E-state index in [-0.39, 0.29) is 18.5 Å². The second-order valence-electron chi connectivity index (χ2n) is 12.8. The second kappa shape index (κ2) is 14.0. The van der Waals surface area contributed by atoms with Crippen molar-refractivity contribution in [3.8, 4) is 17.0 Å². The highest BCUT2D eigenvalue weighted by atomic mass is 19.1. The van der Waals surface area contributed by atoms with Gasteiger partial charge in [-0.3, -0.25) is 4.79 Å². The molecule has 254 valence electrons. The van der Waals surface area contributed by atoms with Gasteiger partial charge in [0.15, 0.2) is 5.65 Å². The van der Waals surface area contributed by atoms with E-state index in [1.165, 1.54) is 6.07 Å². The molecular weight excluding hydrogens is 629 g/mol. The number of ether oxygens (including phenoxy) is 1. The summed E-state index contributed by atoms with van der Waals surface area (Å²) >= 11 is 0. The maximum absolute atomic E-state index is 15.0. The predicted octanol–water partition coefficient (Wildman–Crippen LogP) is 7.54. The Kier molecular flexibility index (Phi) is 9.17. The predicted molar refractivity (Wildman–Crippen MR) is 194 cm³/mol. The average Bonchev–Trinajstić information content (AvgIpc) is 3.56. The number of benzene rings is 3. The molecule has 1 aliphatic heterocycles. The van der Waals surface area contributed by atoms with Crippen molar-refractivity contribution < 1.29 is 13.9 Å². The molecule has 4 heterocycles. The highest BCUT2D eigenvalue weighted by Crippen LogP contribution is 2.44. The normalized spacial score (nSPS) is 16.2. The van der Waals surface area contributed by atoms with E-state index in [1.54, 1.807) is 10.7 Å². The molecule has 0 saturated carbocycles. The van der Waals surface area contributed by atoms with E-state index in [0.717, 1.165) is 39.8 Å². The molecule has 0 aliphatic carbocycles. The number of aromatic nitrogens is 4. The lowest BCUT2D eigenvalue weighted by atomic mass is 10.00. The van der Waals surface area contributed by atoms with Crippen molar-refractivity contribution in [3.63, 3.8) is 0 Å². The lowest BCUT2D eigenvalue weighted by molar-refractivity contribution is 0.0932. The van der Waals surface area contributed by atoms with Gasteiger partial charge >= 0.3 is 0 Å². The van der Waals surface area contributed by atoms with Crippen LogP contribution in [0.5, 0.6) is 5.88 Å². The molecule has 0 fully saturated rings. The van der Waals surface area contributed by atoms with E-state index < -0.39 is 11.9 Å². The van der Waals surface area contributed by atoms with Gasteiger partial charge in [0.25, 0.3) is 5.91 Å². The highest BCUT2D eigenvalue weighted by Gasteiger charge is 2.32. The summed E-state index contributed by atoms with van der Waals surface area (Å²) in [6.45, 7) is 7.27. The van der Waals surface area contributed by atoms with Crippen LogP contribution in [0.2, 0.25) is 0 Å². The number of nitrogens with zero attached hydrogens (tertiary/aromatic N) is 6. The molecule has 6 aromatic rings. The first-order chi connectivity index (χ1) is 24.3. The Balaban J connectivity index is 1.56. The van der Waals surface area contributed by atoms with Crippen molar-refractivity contribution in [2.24, 2.45) is 0 Å². The first-order valence-corrected chi connectivity index (χ1v) is 17.0. The Hall–Kier alpha value is -5.77. The van der Waals surface area contributed by atoms with Gasteiger partial charge in [0.1, 0.15) is 29.1 Å². The fourth-order valence-corrected chi connectivity index (χ4v) is 6.66. The summed E-state index contributed by atoms with van der Waals surface area (Å²) in [6, 6.07) is 30.1. The zero-order chi connectivity index (χ0) is 34.8. The second-order valence-corrected chi connectivity index (χ2v) is 12.8. The van der Waals surface area contributed by atoms with Crippen LogP contribution in [-0.2, 0) is 13.1 Å². The minimum atomic E-state index is -0.456. The Morgan fingerprint density at radius 1 is 0.960 bits per heavy atom. The number of hydrogen-bond acceptors (Lipinski definition) is 7. The van der Waals surface area contributed by atoms with Gasteiger partial charge in [0.2, 0.25) is 5.88 Å². The average molecular weight is 670 g/mol. The number of amides is 1. The Morgan fingerprint density at radius 2 is 1.62 bits per heavy atom. The van der Waals surface area contributed by atoms with Gasteiger partial charge in [0.05, 0.1) is 30.5 Å². The molecule has 2 atom stereocenters. The number of carbonyl (C=O) groups is 1. The molecule has 50 heavy (non-hydrogen) atoms. The molecular formula is C40H40FN7O2. The summed E-state index contributed by atoms with van der Waals surface area (Å²) in [6.07, 6.45) is 2.91. The Bertz CT molecular complexity index is 2080. The Morgan fingerprint density at radius 3 is 2.26 bits per heavy atom. The zero-order valence-electron chi connectivity index (χ0n) is 28.7. The number of halogens is 1. The van der Waals surface area contributed by atoms with Crippen LogP contribution < -0.4 is 19.9 Å². The topological polar surface area (TPSA) is 87.9 Å². The van der Waals surface area contributed by atoms with E-state index >= 15 is 0 Å². The first-order valence-electron chi connectivity index (χ1n) is 17.0. The molecule has 3 aromatic carbocycles. The molecule has 3 aromatic heterocycles. The van der Waals surface area contributed by atoms with Crippen LogP contribution in [0.1, 0.15) is 58.9 Å². The summed E-state index contributed by atoms with van der Waals surface area (Å²) in [5, 5.41) is 7.86. The molecule has 2 unspecified atom stereocenters. The molecule has 2 bridgehead atoms. The van der Waals surface area contributed by atoms with Gasteiger partial charge in [-0.1, -0.05) is 97.4 Å². The van der Waals surface area contributed by atoms with E-state index in [0.29, 0.717) is 48.0 Å². The third-order valence-corrected chi connectivity index (χ3v) is 9.18. The molecule has 0 spiro atoms. The number of anilines is 2. The van der Waals surface area contributed by atoms with Gasteiger partial charge in [-0.2, -0.15) is 9.61 Å². The van der Waals surface area contributed by atoms with Gasteiger partial charge in [0, 0.05) is 25.7 Å². The smallest absolute Gasteiger partial charge is 0.256 e. The molecule has 1 N–H and O–H groups in total. The third kappa shape index (κ3) is 6.48. The van der Waals surface area contributed by atoms with Crippen molar-refractivity contribution in [3.05, 3.63) is 137 Å². The SMILES string of the molecule is CCC1c2cc(F)cnc2OC(C)CNC(=O)c2cnn3c(N(Cc4ccccc4)Cc4ccccc4)c(-c4ccc(C)cc4)c(nc23)N1C. The van der Waals surface area contributed by atoms with Crippen LogP contribution in [0.3, 0.4) is 0 Å². The minimum Gasteiger partial charge on any atom is -0.473 e. The van der Waals surface area contributed by atoms with Crippen LogP contribution in [-0.4, -0.2) is 45.2 Å². The lowest BCUT2D eigenvalue weighted by Crippen LogP contribution is -2.34. The lowest BCUT2D eigenvalue weighted by Gasteiger charge is -2.34. The quantitative estimate of drug-likeness (QED) is 0.188. The van der Waals surface area contributed by atoms with Crippen molar-refractivity contribution in [2.75, 3.05) is 23.4 Å². The third-order valence-electron chi connectivity index (χ3n) is 9.18. The standard InChI is InChI=1S/C40H40FN7O2/c1-5-34-32-20-31(41)22-43-39(32)50-27(3)21-42-38(49)33-23-44-48-36(33)45-37(46(34)4)35(30-18-16-26(2)17-19-30)40(48)47(24-28-12-8-6-9-13-28)25-29-14-10-7-11-15-29/h6-20,22-23,27,34H,5,21,24-25H2,1-4H3,(H,42,49). The Labute approximate surface area is 291 Å². The number of nitrogens with one attached hydrogen (secondary N) is 1. The van der Waals surface area contributed by atoms with E-state index in [1.807, 2.05) is 50.4 Å². The van der Waals surface area contributed by atoms with Crippen LogP contribution in [0, 0.1) is 12.7 Å². The van der Waals surface area contributed by atoms with Crippen LogP contribution in [0.25, 0.3) is 16.8 Å². The molecule has 0 radical (unpaired) electrons.